The van der Waals surface area contributed by atoms with Gasteiger partial charge in [0.2, 0.25) is 0 Å². The van der Waals surface area contributed by atoms with Crippen LogP contribution in [0.15, 0.2) is 53.7 Å². The van der Waals surface area contributed by atoms with Crippen molar-refractivity contribution in [1.29, 1.82) is 0 Å². The molecule has 3 aromatic rings. The number of likely N-dealkylation sites (tertiary alicyclic amines) is 1. The summed E-state index contributed by atoms with van der Waals surface area (Å²) in [5, 5.41) is 10.3. The molecule has 1 amide bonds. The Morgan fingerprint density at radius 2 is 1.84 bits per heavy atom. The Balaban J connectivity index is 1.51. The van der Waals surface area contributed by atoms with Crippen LogP contribution in [-0.2, 0) is 10.5 Å². The lowest BCUT2D eigenvalue weighted by atomic mass is 10.1. The van der Waals surface area contributed by atoms with Crippen molar-refractivity contribution in [3.8, 4) is 11.4 Å². The van der Waals surface area contributed by atoms with Gasteiger partial charge in [-0.3, -0.25) is 9.36 Å². The third kappa shape index (κ3) is 5.00. The molecule has 4 rings (SSSR count). The monoisotopic (exact) mass is 470 g/mol. The number of amides is 1. The number of benzene rings is 2. The van der Waals surface area contributed by atoms with Crippen molar-refractivity contribution in [3.63, 3.8) is 0 Å². The maximum Gasteiger partial charge on any atom is 0.253 e. The van der Waals surface area contributed by atoms with Gasteiger partial charge in [-0.2, -0.15) is 0 Å². The first-order valence-corrected chi connectivity index (χ1v) is 12.1. The molecule has 0 N–H and O–H groups in total. The summed E-state index contributed by atoms with van der Waals surface area (Å²) in [6, 6.07) is 15.6. The fourth-order valence-electron chi connectivity index (χ4n) is 3.91. The number of carbonyl (C=O) groups excluding carboxylic acids is 1. The average Bonchev–Trinajstić information content (AvgIpc) is 3.48. The number of carbonyl (C=O) groups is 1. The van der Waals surface area contributed by atoms with Gasteiger partial charge < -0.3 is 9.64 Å². The number of aromatic nitrogens is 3. The molecular formula is C24H27ClN4O2S. The SMILES string of the molecule is COCC(C)n1c(SCc2ccc(C(=O)N3CCCC3)cc2)nnc1-c1ccccc1Cl. The molecule has 0 aliphatic carbocycles. The summed E-state index contributed by atoms with van der Waals surface area (Å²) >= 11 is 8.04. The highest BCUT2D eigenvalue weighted by Gasteiger charge is 2.21. The van der Waals surface area contributed by atoms with E-state index in [1.54, 1.807) is 18.9 Å². The van der Waals surface area contributed by atoms with Crippen LogP contribution in [0.5, 0.6) is 0 Å². The van der Waals surface area contributed by atoms with E-state index in [0.29, 0.717) is 11.6 Å². The molecule has 1 aliphatic rings. The Hall–Kier alpha value is -2.35. The predicted molar refractivity (Wildman–Crippen MR) is 128 cm³/mol. The van der Waals surface area contributed by atoms with Crippen molar-refractivity contribution in [1.82, 2.24) is 19.7 Å². The Morgan fingerprint density at radius 1 is 1.12 bits per heavy atom. The zero-order valence-corrected chi connectivity index (χ0v) is 19.9. The van der Waals surface area contributed by atoms with Crippen LogP contribution in [0.25, 0.3) is 11.4 Å². The number of methoxy groups -OCH3 is 1. The Kier molecular flexibility index (Phi) is 7.50. The van der Waals surface area contributed by atoms with Crippen molar-refractivity contribution in [2.24, 2.45) is 0 Å². The van der Waals surface area contributed by atoms with Gasteiger partial charge in [0.15, 0.2) is 11.0 Å². The van der Waals surface area contributed by atoms with E-state index in [0.717, 1.165) is 59.4 Å². The first kappa shape index (κ1) is 22.8. The molecule has 1 atom stereocenters. The topological polar surface area (TPSA) is 60.2 Å². The Morgan fingerprint density at radius 3 is 2.53 bits per heavy atom. The second-order valence-corrected chi connectivity index (χ2v) is 9.29. The van der Waals surface area contributed by atoms with Gasteiger partial charge in [-0.15, -0.1) is 10.2 Å². The van der Waals surface area contributed by atoms with Gasteiger partial charge in [0, 0.05) is 37.1 Å². The molecule has 0 bridgehead atoms. The minimum atomic E-state index is 0.0456. The molecule has 1 unspecified atom stereocenters. The molecule has 1 aliphatic heterocycles. The van der Waals surface area contributed by atoms with Crippen LogP contribution in [0.2, 0.25) is 5.02 Å². The third-order valence-electron chi connectivity index (χ3n) is 5.59. The molecule has 0 spiro atoms. The molecule has 0 saturated carbocycles. The summed E-state index contributed by atoms with van der Waals surface area (Å²) in [4.78, 5) is 14.5. The van der Waals surface area contributed by atoms with Gasteiger partial charge in [0.1, 0.15) is 0 Å². The van der Waals surface area contributed by atoms with Crippen molar-refractivity contribution in [2.45, 2.75) is 36.7 Å². The first-order valence-electron chi connectivity index (χ1n) is 10.8. The van der Waals surface area contributed by atoms with E-state index in [1.807, 2.05) is 53.4 Å². The zero-order chi connectivity index (χ0) is 22.5. The van der Waals surface area contributed by atoms with Crippen LogP contribution in [0, 0.1) is 0 Å². The number of thioether (sulfide) groups is 1. The summed E-state index contributed by atoms with van der Waals surface area (Å²) < 4.78 is 7.47. The van der Waals surface area contributed by atoms with Crippen molar-refractivity contribution >= 4 is 29.3 Å². The molecule has 32 heavy (non-hydrogen) atoms. The highest BCUT2D eigenvalue weighted by atomic mass is 35.5. The molecule has 168 valence electrons. The van der Waals surface area contributed by atoms with Crippen molar-refractivity contribution in [2.75, 3.05) is 26.8 Å². The molecule has 2 aromatic carbocycles. The van der Waals surface area contributed by atoms with Gasteiger partial charge in [-0.25, -0.2) is 0 Å². The molecular weight excluding hydrogens is 444 g/mol. The fourth-order valence-corrected chi connectivity index (χ4v) is 5.12. The smallest absolute Gasteiger partial charge is 0.253 e. The lowest BCUT2D eigenvalue weighted by Crippen LogP contribution is -2.27. The normalized spacial score (nSPS) is 14.7. The van der Waals surface area contributed by atoms with Crippen LogP contribution in [-0.4, -0.2) is 52.4 Å². The van der Waals surface area contributed by atoms with E-state index < -0.39 is 0 Å². The fraction of sp³-hybridized carbons (Fsp3) is 0.375. The Labute approximate surface area is 197 Å². The van der Waals surface area contributed by atoms with Gasteiger partial charge in [0.05, 0.1) is 17.7 Å². The number of hydrogen-bond acceptors (Lipinski definition) is 5. The highest BCUT2D eigenvalue weighted by molar-refractivity contribution is 7.98. The van der Waals surface area contributed by atoms with Crippen LogP contribution in [0.4, 0.5) is 0 Å². The van der Waals surface area contributed by atoms with Crippen LogP contribution in [0.1, 0.15) is 41.7 Å². The summed E-state index contributed by atoms with van der Waals surface area (Å²) in [6.45, 7) is 4.34. The van der Waals surface area contributed by atoms with Gasteiger partial charge in [0.25, 0.3) is 5.91 Å². The molecule has 1 aromatic heterocycles. The summed E-state index contributed by atoms with van der Waals surface area (Å²) in [5.74, 6) is 1.58. The maximum absolute atomic E-state index is 12.6. The second-order valence-electron chi connectivity index (χ2n) is 7.95. The van der Waals surface area contributed by atoms with E-state index in [2.05, 4.69) is 21.7 Å². The van der Waals surface area contributed by atoms with E-state index in [1.165, 1.54) is 0 Å². The standard InChI is InChI=1S/C24H27ClN4O2S/c1-17(15-31-2)29-22(20-7-3-4-8-21(20)25)26-27-24(29)32-16-18-9-11-19(12-10-18)23(30)28-13-5-6-14-28/h3-4,7-12,17H,5-6,13-16H2,1-2H3. The summed E-state index contributed by atoms with van der Waals surface area (Å²) in [6.07, 6.45) is 2.19. The van der Waals surface area contributed by atoms with Crippen LogP contribution < -0.4 is 0 Å². The quantitative estimate of drug-likeness (QED) is 0.416. The van der Waals surface area contributed by atoms with Gasteiger partial charge >= 0.3 is 0 Å². The van der Waals surface area contributed by atoms with Crippen molar-refractivity contribution < 1.29 is 9.53 Å². The number of ether oxygens (including phenoxy) is 1. The maximum atomic E-state index is 12.6. The number of halogens is 1. The third-order valence-corrected chi connectivity index (χ3v) is 6.93. The molecule has 8 heteroatoms. The van der Waals surface area contributed by atoms with E-state index in [4.69, 9.17) is 16.3 Å². The van der Waals surface area contributed by atoms with Crippen molar-refractivity contribution in [3.05, 3.63) is 64.7 Å². The zero-order valence-electron chi connectivity index (χ0n) is 18.3. The largest absolute Gasteiger partial charge is 0.383 e. The van der Waals surface area contributed by atoms with Crippen LogP contribution >= 0.6 is 23.4 Å². The summed E-state index contributed by atoms with van der Waals surface area (Å²) in [7, 11) is 1.69. The molecule has 1 fully saturated rings. The lowest BCUT2D eigenvalue weighted by molar-refractivity contribution is 0.0793. The minimum absolute atomic E-state index is 0.0456. The van der Waals surface area contributed by atoms with E-state index >= 15 is 0 Å². The predicted octanol–water partition coefficient (Wildman–Crippen LogP) is 5.33. The Bertz CT molecular complexity index is 1060. The van der Waals surface area contributed by atoms with E-state index in [-0.39, 0.29) is 11.9 Å². The molecule has 0 radical (unpaired) electrons. The molecule has 6 nitrogen and oxygen atoms in total. The van der Waals surface area contributed by atoms with Gasteiger partial charge in [-0.05, 0) is 49.6 Å². The van der Waals surface area contributed by atoms with Crippen LogP contribution in [0.3, 0.4) is 0 Å². The molecule has 1 saturated heterocycles. The molecule has 2 heterocycles. The lowest BCUT2D eigenvalue weighted by Gasteiger charge is -2.18. The average molecular weight is 471 g/mol. The highest BCUT2D eigenvalue weighted by Crippen LogP contribution is 2.33. The first-order chi connectivity index (χ1) is 15.6. The number of nitrogens with zero attached hydrogens (tertiary/aromatic N) is 4. The van der Waals surface area contributed by atoms with Gasteiger partial charge in [-0.1, -0.05) is 47.6 Å². The van der Waals surface area contributed by atoms with E-state index in [9.17, 15) is 4.79 Å². The number of rotatable bonds is 8. The minimum Gasteiger partial charge on any atom is -0.383 e. The second kappa shape index (κ2) is 10.5. The number of hydrogen-bond donors (Lipinski definition) is 0. The summed E-state index contributed by atoms with van der Waals surface area (Å²) in [5.41, 5.74) is 2.72.